The van der Waals surface area contributed by atoms with E-state index in [1.165, 1.54) is 19.2 Å². The quantitative estimate of drug-likeness (QED) is 0.483. The van der Waals surface area contributed by atoms with Crippen molar-refractivity contribution in [2.75, 3.05) is 19.5 Å². The molecule has 0 spiro atoms. The minimum atomic E-state index is -0.383. The van der Waals surface area contributed by atoms with Crippen LogP contribution in [0.4, 0.5) is 10.1 Å². The summed E-state index contributed by atoms with van der Waals surface area (Å²) in [7, 11) is 3.07. The highest BCUT2D eigenvalue weighted by Gasteiger charge is 2.14. The number of aromatic nitrogens is 2. The van der Waals surface area contributed by atoms with E-state index in [2.05, 4.69) is 15.5 Å². The topological polar surface area (TPSA) is 86.5 Å². The first kappa shape index (κ1) is 20.1. The molecule has 31 heavy (non-hydrogen) atoms. The maximum Gasteiger partial charge on any atom is 0.258 e. The standard InChI is InChI=1S/C23H18FN3O4/c1-29-18-10-11-20(30-2)19(13-18)25-22(28)14-6-8-15(9-7-14)23-26-21(27-31-23)16-4-3-5-17(24)12-16/h3-13H,1-2H3,(H,25,28). The van der Waals surface area contributed by atoms with Gasteiger partial charge < -0.3 is 19.3 Å². The maximum absolute atomic E-state index is 13.4. The van der Waals surface area contributed by atoms with Gasteiger partial charge in [0.05, 0.1) is 19.9 Å². The van der Waals surface area contributed by atoms with Gasteiger partial charge in [0.2, 0.25) is 5.82 Å². The number of ether oxygens (including phenoxy) is 2. The van der Waals surface area contributed by atoms with Crippen molar-refractivity contribution < 1.29 is 23.2 Å². The molecule has 3 aromatic carbocycles. The van der Waals surface area contributed by atoms with Crippen LogP contribution in [0.15, 0.2) is 71.3 Å². The Morgan fingerprint density at radius 2 is 1.77 bits per heavy atom. The molecule has 0 radical (unpaired) electrons. The van der Waals surface area contributed by atoms with E-state index in [9.17, 15) is 9.18 Å². The summed E-state index contributed by atoms with van der Waals surface area (Å²) in [6, 6.07) is 17.7. The number of anilines is 1. The van der Waals surface area contributed by atoms with Crippen LogP contribution >= 0.6 is 0 Å². The molecule has 7 nitrogen and oxygen atoms in total. The van der Waals surface area contributed by atoms with Crippen molar-refractivity contribution in [3.63, 3.8) is 0 Å². The van der Waals surface area contributed by atoms with Gasteiger partial charge in [0.25, 0.3) is 11.8 Å². The molecule has 0 fully saturated rings. The molecular weight excluding hydrogens is 401 g/mol. The summed E-state index contributed by atoms with van der Waals surface area (Å²) in [5.74, 6) is 0.955. The zero-order valence-corrected chi connectivity index (χ0v) is 16.8. The zero-order valence-electron chi connectivity index (χ0n) is 16.8. The van der Waals surface area contributed by atoms with Gasteiger partial charge in [-0.15, -0.1) is 0 Å². The summed E-state index contributed by atoms with van der Waals surface area (Å²) in [4.78, 5) is 17.0. The fourth-order valence-corrected chi connectivity index (χ4v) is 2.96. The monoisotopic (exact) mass is 419 g/mol. The second kappa shape index (κ2) is 8.66. The average Bonchev–Trinajstić information content (AvgIpc) is 3.29. The summed E-state index contributed by atoms with van der Waals surface area (Å²) in [5, 5.41) is 6.71. The molecule has 1 aromatic heterocycles. The van der Waals surface area contributed by atoms with Crippen molar-refractivity contribution in [3.05, 3.63) is 78.1 Å². The molecule has 156 valence electrons. The third-order valence-electron chi connectivity index (χ3n) is 4.56. The largest absolute Gasteiger partial charge is 0.497 e. The second-order valence-corrected chi connectivity index (χ2v) is 6.53. The van der Waals surface area contributed by atoms with Crippen LogP contribution in [0.5, 0.6) is 11.5 Å². The van der Waals surface area contributed by atoms with Gasteiger partial charge in [-0.1, -0.05) is 17.3 Å². The van der Waals surface area contributed by atoms with Crippen LogP contribution in [0, 0.1) is 5.82 Å². The lowest BCUT2D eigenvalue weighted by Gasteiger charge is -2.11. The van der Waals surface area contributed by atoms with E-state index in [1.807, 2.05) is 0 Å². The molecule has 4 rings (SSSR count). The van der Waals surface area contributed by atoms with Crippen molar-refractivity contribution in [2.24, 2.45) is 0 Å². The molecule has 1 heterocycles. The number of hydrogen-bond acceptors (Lipinski definition) is 6. The normalized spacial score (nSPS) is 10.5. The first-order valence-electron chi connectivity index (χ1n) is 9.31. The Labute approximate surface area is 177 Å². The van der Waals surface area contributed by atoms with Gasteiger partial charge in [0.15, 0.2) is 0 Å². The van der Waals surface area contributed by atoms with Crippen LogP contribution in [0.3, 0.4) is 0 Å². The number of nitrogens with zero attached hydrogens (tertiary/aromatic N) is 2. The first-order chi connectivity index (χ1) is 15.1. The molecule has 0 saturated carbocycles. The molecule has 1 N–H and O–H groups in total. The summed E-state index contributed by atoms with van der Waals surface area (Å²) in [6.45, 7) is 0. The van der Waals surface area contributed by atoms with Crippen LogP contribution in [-0.2, 0) is 0 Å². The predicted octanol–water partition coefficient (Wildman–Crippen LogP) is 4.81. The van der Waals surface area contributed by atoms with Crippen molar-refractivity contribution in [1.82, 2.24) is 10.1 Å². The highest BCUT2D eigenvalue weighted by Crippen LogP contribution is 2.29. The van der Waals surface area contributed by atoms with Crippen LogP contribution in [-0.4, -0.2) is 30.3 Å². The summed E-state index contributed by atoms with van der Waals surface area (Å²) >= 11 is 0. The Bertz CT molecular complexity index is 1220. The fraction of sp³-hybridized carbons (Fsp3) is 0.0870. The lowest BCUT2D eigenvalue weighted by molar-refractivity contribution is 0.102. The minimum Gasteiger partial charge on any atom is -0.497 e. The van der Waals surface area contributed by atoms with Gasteiger partial charge in [0, 0.05) is 22.8 Å². The molecule has 1 amide bonds. The van der Waals surface area contributed by atoms with Gasteiger partial charge in [-0.05, 0) is 48.5 Å². The Hall–Kier alpha value is -4.20. The first-order valence-corrected chi connectivity index (χ1v) is 9.31. The van der Waals surface area contributed by atoms with E-state index in [4.69, 9.17) is 14.0 Å². The zero-order chi connectivity index (χ0) is 21.8. The van der Waals surface area contributed by atoms with Crippen LogP contribution in [0.2, 0.25) is 0 Å². The average molecular weight is 419 g/mol. The van der Waals surface area contributed by atoms with Crippen molar-refractivity contribution in [1.29, 1.82) is 0 Å². The van der Waals surface area contributed by atoms with Gasteiger partial charge >= 0.3 is 0 Å². The van der Waals surface area contributed by atoms with E-state index >= 15 is 0 Å². The summed E-state index contributed by atoms with van der Waals surface area (Å²) < 4.78 is 29.2. The molecule has 0 aliphatic heterocycles. The van der Waals surface area contributed by atoms with Gasteiger partial charge in [0.1, 0.15) is 17.3 Å². The van der Waals surface area contributed by atoms with E-state index in [1.54, 1.807) is 61.7 Å². The number of methoxy groups -OCH3 is 2. The lowest BCUT2D eigenvalue weighted by atomic mass is 10.1. The molecule has 0 aliphatic rings. The van der Waals surface area contributed by atoms with E-state index in [0.717, 1.165) is 0 Å². The van der Waals surface area contributed by atoms with Gasteiger partial charge in [-0.3, -0.25) is 4.79 Å². The van der Waals surface area contributed by atoms with E-state index in [0.29, 0.717) is 33.9 Å². The molecule has 0 unspecified atom stereocenters. The van der Waals surface area contributed by atoms with Crippen LogP contribution in [0.1, 0.15) is 10.4 Å². The van der Waals surface area contributed by atoms with Gasteiger partial charge in [-0.25, -0.2) is 4.39 Å². The summed E-state index contributed by atoms with van der Waals surface area (Å²) in [5.41, 5.74) is 2.06. The highest BCUT2D eigenvalue weighted by molar-refractivity contribution is 6.05. The molecule has 8 heteroatoms. The third kappa shape index (κ3) is 4.37. The molecular formula is C23H18FN3O4. The van der Waals surface area contributed by atoms with Crippen molar-refractivity contribution >= 4 is 11.6 Å². The number of carbonyl (C=O) groups excluding carboxylic acids is 1. The third-order valence-corrected chi connectivity index (χ3v) is 4.56. The van der Waals surface area contributed by atoms with Crippen LogP contribution < -0.4 is 14.8 Å². The Morgan fingerprint density at radius 1 is 0.968 bits per heavy atom. The number of nitrogens with one attached hydrogen (secondary N) is 1. The maximum atomic E-state index is 13.4. The molecule has 0 atom stereocenters. The molecule has 0 aliphatic carbocycles. The number of amides is 1. The Morgan fingerprint density at radius 3 is 2.48 bits per heavy atom. The predicted molar refractivity (Wildman–Crippen MR) is 113 cm³/mol. The number of halogens is 1. The fourth-order valence-electron chi connectivity index (χ4n) is 2.96. The molecule has 0 saturated heterocycles. The van der Waals surface area contributed by atoms with Crippen molar-refractivity contribution in [3.8, 4) is 34.3 Å². The number of benzene rings is 3. The summed E-state index contributed by atoms with van der Waals surface area (Å²) in [6.07, 6.45) is 0. The van der Waals surface area contributed by atoms with E-state index in [-0.39, 0.29) is 23.4 Å². The van der Waals surface area contributed by atoms with E-state index < -0.39 is 0 Å². The lowest BCUT2D eigenvalue weighted by Crippen LogP contribution is -2.12. The number of rotatable bonds is 6. The Balaban J connectivity index is 1.52. The molecule has 4 aromatic rings. The van der Waals surface area contributed by atoms with Crippen LogP contribution in [0.25, 0.3) is 22.8 Å². The van der Waals surface area contributed by atoms with Gasteiger partial charge in [-0.2, -0.15) is 4.98 Å². The smallest absolute Gasteiger partial charge is 0.258 e. The van der Waals surface area contributed by atoms with Crippen molar-refractivity contribution in [2.45, 2.75) is 0 Å². The molecule has 0 bridgehead atoms. The second-order valence-electron chi connectivity index (χ2n) is 6.53. The number of carbonyl (C=O) groups is 1. The number of hydrogen-bond donors (Lipinski definition) is 1. The SMILES string of the molecule is COc1ccc(OC)c(NC(=O)c2ccc(-c3nc(-c4cccc(F)c4)no3)cc2)c1. The minimum absolute atomic E-state index is 0.265. The Kier molecular flexibility index (Phi) is 5.61. The highest BCUT2D eigenvalue weighted by atomic mass is 19.1.